The van der Waals surface area contributed by atoms with E-state index in [-0.39, 0.29) is 18.0 Å². The molecule has 0 aromatic heterocycles. The lowest BCUT2D eigenvalue weighted by Crippen LogP contribution is -2.33. The van der Waals surface area contributed by atoms with E-state index in [1.807, 2.05) is 24.3 Å². The van der Waals surface area contributed by atoms with E-state index in [1.54, 1.807) is 12.1 Å². The zero-order valence-corrected chi connectivity index (χ0v) is 25.8. The summed E-state index contributed by atoms with van der Waals surface area (Å²) in [5, 5.41) is 13.5. The van der Waals surface area contributed by atoms with Crippen LogP contribution < -0.4 is 21.3 Å². The van der Waals surface area contributed by atoms with Gasteiger partial charge in [-0.25, -0.2) is 4.39 Å². The summed E-state index contributed by atoms with van der Waals surface area (Å²) in [6.45, 7) is 3.09. The highest BCUT2D eigenvalue weighted by atomic mass is 19.4. The molecule has 4 aromatic carbocycles. The van der Waals surface area contributed by atoms with Crippen molar-refractivity contribution >= 4 is 11.4 Å². The molecule has 0 radical (unpaired) electrons. The molecular weight excluding hydrogens is 608 g/mol. The molecule has 0 unspecified atom stereocenters. The van der Waals surface area contributed by atoms with Gasteiger partial charge in [-0.2, -0.15) is 13.2 Å². The number of nitrogens with one attached hydrogen (secondary N) is 4. The number of rotatable bonds is 8. The van der Waals surface area contributed by atoms with Gasteiger partial charge in [-0.05, 0) is 83.6 Å². The summed E-state index contributed by atoms with van der Waals surface area (Å²) >= 11 is 0. The highest BCUT2D eigenvalue weighted by Gasteiger charge is 2.42. The quantitative estimate of drug-likeness (QED) is 0.150. The molecular formula is C37H38F4N4O2. The third-order valence-electron chi connectivity index (χ3n) is 9.32. The Morgan fingerprint density at radius 2 is 1.02 bits per heavy atom. The molecule has 4 N–H and O–H groups in total. The predicted octanol–water partition coefficient (Wildman–Crippen LogP) is 7.36. The second kappa shape index (κ2) is 13.6. The van der Waals surface area contributed by atoms with Crippen LogP contribution in [-0.4, -0.2) is 37.4 Å². The minimum Gasteiger partial charge on any atom is -0.381 e. The third-order valence-corrected chi connectivity index (χ3v) is 9.32. The molecule has 10 heteroatoms. The molecule has 4 bridgehead atoms. The number of morpholine rings is 2. The molecule has 6 atom stereocenters. The fourth-order valence-electron chi connectivity index (χ4n) is 6.76. The fourth-order valence-corrected chi connectivity index (χ4v) is 6.76. The smallest absolute Gasteiger partial charge is 0.381 e. The third kappa shape index (κ3) is 7.62. The molecule has 8 rings (SSSR count). The maximum atomic E-state index is 12.9. The summed E-state index contributed by atoms with van der Waals surface area (Å²) in [5.41, 5.74) is 5.61. The van der Waals surface area contributed by atoms with Crippen molar-refractivity contribution in [1.82, 2.24) is 10.6 Å². The summed E-state index contributed by atoms with van der Waals surface area (Å²) in [6, 6.07) is 29.1. The van der Waals surface area contributed by atoms with Crippen LogP contribution in [0.15, 0.2) is 97.1 Å². The van der Waals surface area contributed by atoms with E-state index in [0.717, 1.165) is 66.1 Å². The Hall–Kier alpha value is -3.96. The first-order valence-electron chi connectivity index (χ1n) is 16.1. The van der Waals surface area contributed by atoms with Crippen LogP contribution in [-0.2, 0) is 28.7 Å². The van der Waals surface area contributed by atoms with E-state index in [2.05, 4.69) is 45.5 Å². The Balaban J connectivity index is 0.000000151. The number of alkyl halides is 3. The van der Waals surface area contributed by atoms with Gasteiger partial charge >= 0.3 is 6.18 Å². The lowest BCUT2D eigenvalue weighted by molar-refractivity contribution is -0.137. The lowest BCUT2D eigenvalue weighted by atomic mass is 10.0. The van der Waals surface area contributed by atoms with Crippen molar-refractivity contribution in [2.24, 2.45) is 0 Å². The van der Waals surface area contributed by atoms with Gasteiger partial charge in [-0.15, -0.1) is 0 Å². The first-order chi connectivity index (χ1) is 22.8. The zero-order valence-electron chi connectivity index (χ0n) is 25.8. The number of ether oxygens (including phenoxy) is 2. The Kier molecular flexibility index (Phi) is 9.18. The van der Waals surface area contributed by atoms with Crippen LogP contribution in [0.2, 0.25) is 0 Å². The second-order valence-corrected chi connectivity index (χ2v) is 12.6. The molecule has 6 nitrogen and oxygen atoms in total. The van der Waals surface area contributed by atoms with Crippen LogP contribution in [0, 0.1) is 5.82 Å². The monoisotopic (exact) mass is 646 g/mol. The summed E-state index contributed by atoms with van der Waals surface area (Å²) in [6.07, 6.45) is -1.10. The minimum atomic E-state index is -4.29. The van der Waals surface area contributed by atoms with Crippen molar-refractivity contribution in [3.63, 3.8) is 0 Å². The van der Waals surface area contributed by atoms with Crippen molar-refractivity contribution in [2.45, 2.75) is 68.6 Å². The van der Waals surface area contributed by atoms with Gasteiger partial charge in [-0.3, -0.25) is 0 Å². The average Bonchev–Trinajstić information content (AvgIpc) is 3.92. The van der Waals surface area contributed by atoms with Gasteiger partial charge in [-0.1, -0.05) is 48.5 Å². The summed E-state index contributed by atoms with van der Waals surface area (Å²) in [5.74, 6) is -0.201. The highest BCUT2D eigenvalue weighted by Crippen LogP contribution is 2.38. The molecule has 0 saturated carbocycles. The molecule has 0 amide bonds. The average molecular weight is 647 g/mol. The van der Waals surface area contributed by atoms with Crippen LogP contribution >= 0.6 is 0 Å². The SMILES string of the molecule is FC(F)(F)c1ccc(CNc2ccc([C@H]3O[C@@H]4CN[C@H]3C4)cc2)cc1.Fc1ccc(CNc2ccc([C@H]3O[C@@H]4CN[C@H]3C4)cc2)cc1. The van der Waals surface area contributed by atoms with Crippen LogP contribution in [0.1, 0.15) is 52.9 Å². The van der Waals surface area contributed by atoms with E-state index < -0.39 is 11.7 Å². The predicted molar refractivity (Wildman–Crippen MR) is 173 cm³/mol. The molecule has 4 aliphatic rings. The van der Waals surface area contributed by atoms with Gasteiger partial charge in [0.15, 0.2) is 0 Å². The number of hydrogen-bond acceptors (Lipinski definition) is 6. The van der Waals surface area contributed by atoms with Crippen LogP contribution in [0.5, 0.6) is 0 Å². The Morgan fingerprint density at radius 1 is 0.596 bits per heavy atom. The minimum absolute atomic E-state index is 0.114. The van der Waals surface area contributed by atoms with E-state index >= 15 is 0 Å². The molecule has 47 heavy (non-hydrogen) atoms. The van der Waals surface area contributed by atoms with Crippen molar-refractivity contribution < 1.29 is 27.0 Å². The molecule has 4 fully saturated rings. The Morgan fingerprint density at radius 3 is 1.38 bits per heavy atom. The van der Waals surface area contributed by atoms with Crippen molar-refractivity contribution in [2.75, 3.05) is 23.7 Å². The summed E-state index contributed by atoms with van der Waals surface area (Å²) in [4.78, 5) is 0. The van der Waals surface area contributed by atoms with Gasteiger partial charge in [0.1, 0.15) is 5.82 Å². The number of hydrogen-bond donors (Lipinski definition) is 4. The lowest BCUT2D eigenvalue weighted by Gasteiger charge is -2.23. The van der Waals surface area contributed by atoms with Crippen molar-refractivity contribution in [1.29, 1.82) is 0 Å². The van der Waals surface area contributed by atoms with E-state index in [4.69, 9.17) is 9.47 Å². The molecule has 4 saturated heterocycles. The first kappa shape index (κ1) is 31.6. The zero-order chi connectivity index (χ0) is 32.4. The standard InChI is InChI=1S/C19H19F3N2O.C18H19FN2O/c20-19(21,22)14-5-1-12(2-6-14)10-23-15-7-3-13(4-8-15)18-17-9-16(25-18)11-24-17;19-14-5-1-12(2-6-14)10-20-15-7-3-13(4-8-15)18-17-9-16(22-18)11-21-17/h1-8,16-18,23-24H,9-11H2;1-8,16-18,20-21H,9-11H2/t2*16-,17-,18+/m00/s1. The van der Waals surface area contributed by atoms with Crippen LogP contribution in [0.4, 0.5) is 28.9 Å². The van der Waals surface area contributed by atoms with Crippen LogP contribution in [0.3, 0.4) is 0 Å². The van der Waals surface area contributed by atoms with E-state index in [0.29, 0.717) is 37.4 Å². The molecule has 0 aliphatic carbocycles. The number of anilines is 2. The molecule has 4 aromatic rings. The topological polar surface area (TPSA) is 66.6 Å². The molecule has 246 valence electrons. The molecule has 4 heterocycles. The van der Waals surface area contributed by atoms with Gasteiger partial charge in [0, 0.05) is 49.6 Å². The number of benzene rings is 4. The van der Waals surface area contributed by atoms with Gasteiger partial charge in [0.05, 0.1) is 30.0 Å². The van der Waals surface area contributed by atoms with Gasteiger partial charge < -0.3 is 30.7 Å². The molecule has 0 spiro atoms. The van der Waals surface area contributed by atoms with Crippen molar-refractivity contribution in [3.8, 4) is 0 Å². The van der Waals surface area contributed by atoms with Gasteiger partial charge in [0.2, 0.25) is 0 Å². The second-order valence-electron chi connectivity index (χ2n) is 12.6. The summed E-state index contributed by atoms with van der Waals surface area (Å²) in [7, 11) is 0. The summed E-state index contributed by atoms with van der Waals surface area (Å²) < 4.78 is 62.5. The Bertz CT molecular complexity index is 1620. The maximum Gasteiger partial charge on any atom is 0.416 e. The molecule has 4 aliphatic heterocycles. The Labute approximate surface area is 271 Å². The normalized spacial score (nSPS) is 25.8. The highest BCUT2D eigenvalue weighted by molar-refractivity contribution is 5.47. The van der Waals surface area contributed by atoms with E-state index in [1.165, 1.54) is 29.8 Å². The largest absolute Gasteiger partial charge is 0.416 e. The van der Waals surface area contributed by atoms with E-state index in [9.17, 15) is 17.6 Å². The maximum absolute atomic E-state index is 12.9. The van der Waals surface area contributed by atoms with Crippen LogP contribution in [0.25, 0.3) is 0 Å². The number of halogens is 4. The fraction of sp³-hybridized carbons (Fsp3) is 0.351. The van der Waals surface area contributed by atoms with Crippen molar-refractivity contribution in [3.05, 3.63) is 131 Å². The van der Waals surface area contributed by atoms with Gasteiger partial charge in [0.25, 0.3) is 0 Å². The first-order valence-corrected chi connectivity index (χ1v) is 16.1. The number of fused-ring (bicyclic) bond motifs is 4.